The zero-order chi connectivity index (χ0) is 20.7. The van der Waals surface area contributed by atoms with Gasteiger partial charge in [0.1, 0.15) is 5.00 Å². The van der Waals surface area contributed by atoms with Gasteiger partial charge in [-0.3, -0.25) is 9.39 Å². The lowest BCUT2D eigenvalue weighted by Crippen LogP contribution is -2.37. The molecule has 9 nitrogen and oxygen atoms in total. The first-order valence-corrected chi connectivity index (χ1v) is 12.3. The molecule has 5 rings (SSSR count). The summed E-state index contributed by atoms with van der Waals surface area (Å²) >= 11 is 1.38. The average Bonchev–Trinajstić information content (AvgIpc) is 3.48. The summed E-state index contributed by atoms with van der Waals surface area (Å²) in [4.78, 5) is 13.3. The molecule has 1 N–H and O–H groups in total. The van der Waals surface area contributed by atoms with Crippen molar-refractivity contribution >= 4 is 49.8 Å². The molecular weight excluding hydrogens is 422 g/mol. The lowest BCUT2D eigenvalue weighted by molar-refractivity contribution is 0.319. The number of nitrogens with one attached hydrogen (secondary N) is 1. The first kappa shape index (κ1) is 19.3. The van der Waals surface area contributed by atoms with Crippen molar-refractivity contribution in [2.45, 2.75) is 18.8 Å². The summed E-state index contributed by atoms with van der Waals surface area (Å²) in [5.74, 6) is 0.937. The quantitative estimate of drug-likeness (QED) is 0.650. The van der Waals surface area contributed by atoms with Gasteiger partial charge >= 0.3 is 0 Å². The minimum atomic E-state index is -3.12. The van der Waals surface area contributed by atoms with Crippen molar-refractivity contribution in [1.29, 1.82) is 0 Å². The van der Waals surface area contributed by atoms with E-state index in [0.29, 0.717) is 25.5 Å². The van der Waals surface area contributed by atoms with Crippen molar-refractivity contribution in [2.75, 3.05) is 31.2 Å². The fourth-order valence-electron chi connectivity index (χ4n) is 3.89. The van der Waals surface area contributed by atoms with Crippen LogP contribution < -0.4 is 5.32 Å². The third-order valence-electron chi connectivity index (χ3n) is 5.48. The van der Waals surface area contributed by atoms with Crippen LogP contribution in [-0.2, 0) is 10.0 Å². The number of allylic oxidation sites excluding steroid dienone is 1. The van der Waals surface area contributed by atoms with Crippen LogP contribution in [0.15, 0.2) is 35.7 Å². The smallest absolute Gasteiger partial charge is 0.211 e. The van der Waals surface area contributed by atoms with Crippen LogP contribution in [0.4, 0.5) is 10.8 Å². The number of fused-ring (bicyclic) bond motifs is 1. The Hall–Kier alpha value is -2.63. The highest BCUT2D eigenvalue weighted by Crippen LogP contribution is 2.33. The van der Waals surface area contributed by atoms with Crippen LogP contribution in [0.2, 0.25) is 0 Å². The van der Waals surface area contributed by atoms with Crippen LogP contribution in [0.5, 0.6) is 0 Å². The van der Waals surface area contributed by atoms with Crippen molar-refractivity contribution in [1.82, 2.24) is 23.0 Å². The summed E-state index contributed by atoms with van der Waals surface area (Å²) < 4.78 is 31.6. The number of hydrogen-bond acceptors (Lipinski definition) is 8. The summed E-state index contributed by atoms with van der Waals surface area (Å²) in [5.41, 5.74) is 3.78. The highest BCUT2D eigenvalue weighted by atomic mass is 32.2. The van der Waals surface area contributed by atoms with Gasteiger partial charge in [-0.1, -0.05) is 6.08 Å². The number of aromatic nitrogens is 4. The number of aliphatic imine (C=N–C) groups is 1. The topological polar surface area (TPSA) is 105 Å². The normalized spacial score (nSPS) is 18.2. The zero-order valence-electron chi connectivity index (χ0n) is 16.4. The zero-order valence-corrected chi connectivity index (χ0v) is 18.0. The van der Waals surface area contributed by atoms with Crippen molar-refractivity contribution in [3.05, 3.63) is 42.1 Å². The fraction of sp³-hybridized carbons (Fsp3) is 0.368. The number of imidazole rings is 1. The van der Waals surface area contributed by atoms with Gasteiger partial charge in [0.15, 0.2) is 11.5 Å². The van der Waals surface area contributed by atoms with E-state index in [9.17, 15) is 8.42 Å². The largest absolute Gasteiger partial charge is 0.328 e. The van der Waals surface area contributed by atoms with E-state index in [4.69, 9.17) is 0 Å². The molecule has 0 aliphatic carbocycles. The third kappa shape index (κ3) is 3.64. The van der Waals surface area contributed by atoms with E-state index in [-0.39, 0.29) is 5.92 Å². The molecule has 11 heteroatoms. The van der Waals surface area contributed by atoms with Gasteiger partial charge in [0.05, 0.1) is 30.4 Å². The second-order valence-electron chi connectivity index (χ2n) is 7.44. The molecular formula is C19H21N7O2S2. The molecule has 30 heavy (non-hydrogen) atoms. The maximum atomic E-state index is 11.7. The molecule has 5 heterocycles. The molecule has 0 radical (unpaired) electrons. The standard InChI is InChI=1S/C19H21N7O2S2/c1-30(27,28)25-7-3-13(4-8-25)15-10-17(29-24-15)23-18-19-22-12-16(14-2-5-20-11-14)26(19)9-6-21-18/h2,6,9-13H,3-5,7-8H2,1H3,(H,21,23). The third-order valence-corrected chi connectivity index (χ3v) is 7.50. The predicted molar refractivity (Wildman–Crippen MR) is 118 cm³/mol. The molecule has 0 spiro atoms. The van der Waals surface area contributed by atoms with Gasteiger partial charge in [-0.25, -0.2) is 22.7 Å². The minimum absolute atomic E-state index is 0.269. The SMILES string of the molecule is CS(=O)(=O)N1CCC(c2cc(Nc3nccn4c(C5=CCN=C5)cnc34)sn2)CC1. The van der Waals surface area contributed by atoms with Gasteiger partial charge in [-0.2, -0.15) is 4.37 Å². The highest BCUT2D eigenvalue weighted by Gasteiger charge is 2.27. The summed E-state index contributed by atoms with van der Waals surface area (Å²) in [6.45, 7) is 1.78. The molecule has 0 aromatic carbocycles. The van der Waals surface area contributed by atoms with Crippen molar-refractivity contribution in [3.8, 4) is 0 Å². The molecule has 2 aliphatic heterocycles. The molecule has 2 aliphatic rings. The Morgan fingerprint density at radius 1 is 1.23 bits per heavy atom. The number of piperidine rings is 1. The van der Waals surface area contributed by atoms with Crippen LogP contribution in [0.25, 0.3) is 11.2 Å². The highest BCUT2D eigenvalue weighted by molar-refractivity contribution is 7.88. The molecule has 3 aromatic heterocycles. The fourth-order valence-corrected chi connectivity index (χ4v) is 5.48. The van der Waals surface area contributed by atoms with E-state index >= 15 is 0 Å². The predicted octanol–water partition coefficient (Wildman–Crippen LogP) is 2.54. The van der Waals surface area contributed by atoms with Gasteiger partial charge < -0.3 is 5.32 Å². The Morgan fingerprint density at radius 2 is 2.07 bits per heavy atom. The van der Waals surface area contributed by atoms with E-state index in [1.807, 2.05) is 29.1 Å². The summed E-state index contributed by atoms with van der Waals surface area (Å²) in [5, 5.41) is 4.24. The Bertz CT molecular complexity index is 1250. The lowest BCUT2D eigenvalue weighted by Gasteiger charge is -2.29. The van der Waals surface area contributed by atoms with Crippen LogP contribution in [-0.4, -0.2) is 63.6 Å². The van der Waals surface area contributed by atoms with Crippen molar-refractivity contribution < 1.29 is 8.42 Å². The monoisotopic (exact) mass is 443 g/mol. The average molecular weight is 444 g/mol. The molecule has 0 atom stereocenters. The van der Waals surface area contributed by atoms with E-state index < -0.39 is 10.0 Å². The van der Waals surface area contributed by atoms with Crippen LogP contribution >= 0.6 is 11.5 Å². The maximum Gasteiger partial charge on any atom is 0.211 e. The maximum absolute atomic E-state index is 11.7. The number of rotatable bonds is 5. The van der Waals surface area contributed by atoms with Gasteiger partial charge in [0, 0.05) is 43.2 Å². The summed E-state index contributed by atoms with van der Waals surface area (Å²) in [6.07, 6.45) is 12.2. The van der Waals surface area contributed by atoms with Crippen LogP contribution in [0.3, 0.4) is 0 Å². The van der Waals surface area contributed by atoms with E-state index in [2.05, 4.69) is 30.7 Å². The van der Waals surface area contributed by atoms with Crippen molar-refractivity contribution in [2.24, 2.45) is 4.99 Å². The number of nitrogens with zero attached hydrogens (tertiary/aromatic N) is 6. The number of sulfonamides is 1. The van der Waals surface area contributed by atoms with Gasteiger partial charge in [0.2, 0.25) is 10.0 Å². The summed E-state index contributed by atoms with van der Waals surface area (Å²) in [7, 11) is -3.12. The molecule has 0 amide bonds. The Kier molecular flexibility index (Phi) is 4.88. The number of anilines is 2. The van der Waals surface area contributed by atoms with Gasteiger partial charge in [-0.15, -0.1) is 0 Å². The van der Waals surface area contributed by atoms with Gasteiger partial charge in [-0.05, 0) is 30.4 Å². The van der Waals surface area contributed by atoms with Gasteiger partial charge in [0.25, 0.3) is 0 Å². The van der Waals surface area contributed by atoms with E-state index in [0.717, 1.165) is 40.5 Å². The Labute approximate surface area is 178 Å². The number of hydrogen-bond donors (Lipinski definition) is 1. The Morgan fingerprint density at radius 3 is 2.80 bits per heavy atom. The second kappa shape index (κ2) is 7.56. The van der Waals surface area contributed by atoms with E-state index in [1.54, 1.807) is 10.5 Å². The molecule has 156 valence electrons. The lowest BCUT2D eigenvalue weighted by atomic mass is 9.95. The van der Waals surface area contributed by atoms with E-state index in [1.165, 1.54) is 17.8 Å². The molecule has 1 saturated heterocycles. The van der Waals surface area contributed by atoms with Crippen LogP contribution in [0, 0.1) is 0 Å². The van der Waals surface area contributed by atoms with Crippen molar-refractivity contribution in [3.63, 3.8) is 0 Å². The first-order chi connectivity index (χ1) is 14.5. The molecule has 0 unspecified atom stereocenters. The molecule has 0 bridgehead atoms. The molecule has 3 aromatic rings. The molecule has 1 fully saturated rings. The molecule has 0 saturated carbocycles. The minimum Gasteiger partial charge on any atom is -0.328 e. The first-order valence-electron chi connectivity index (χ1n) is 9.70. The Balaban J connectivity index is 1.34. The summed E-state index contributed by atoms with van der Waals surface area (Å²) in [6, 6.07) is 2.03. The van der Waals surface area contributed by atoms with Crippen LogP contribution in [0.1, 0.15) is 30.1 Å². The second-order valence-corrected chi connectivity index (χ2v) is 10.2.